The molecule has 1 N–H and O–H groups in total. The van der Waals surface area contributed by atoms with Gasteiger partial charge in [0.1, 0.15) is 5.82 Å². The van der Waals surface area contributed by atoms with Gasteiger partial charge in [-0.2, -0.15) is 4.31 Å². The van der Waals surface area contributed by atoms with Crippen molar-refractivity contribution in [2.75, 3.05) is 32.7 Å². The van der Waals surface area contributed by atoms with Crippen LogP contribution in [0.3, 0.4) is 0 Å². The second-order valence-electron chi connectivity index (χ2n) is 8.47. The molecule has 8 heteroatoms. The molecule has 1 amide bonds. The first-order valence-corrected chi connectivity index (χ1v) is 12.1. The maximum Gasteiger partial charge on any atom is 0.278 e. The number of benzene rings is 1. The maximum atomic E-state index is 13.1. The first-order chi connectivity index (χ1) is 13.8. The quantitative estimate of drug-likeness (QED) is 0.746. The molecular formula is C21H33FN3O3S+. The van der Waals surface area contributed by atoms with E-state index < -0.39 is 15.8 Å². The van der Waals surface area contributed by atoms with Crippen LogP contribution in [0.1, 0.15) is 46.0 Å². The van der Waals surface area contributed by atoms with E-state index in [1.165, 1.54) is 47.8 Å². The van der Waals surface area contributed by atoms with E-state index in [4.69, 9.17) is 0 Å². The first kappa shape index (κ1) is 22.2. The van der Waals surface area contributed by atoms with E-state index in [2.05, 4.69) is 18.7 Å². The van der Waals surface area contributed by atoms with E-state index in [9.17, 15) is 17.6 Å². The van der Waals surface area contributed by atoms with Gasteiger partial charge in [-0.1, -0.05) is 19.3 Å². The Balaban J connectivity index is 1.57. The predicted molar refractivity (Wildman–Crippen MR) is 110 cm³/mol. The molecule has 0 bridgehead atoms. The summed E-state index contributed by atoms with van der Waals surface area (Å²) in [5, 5.41) is 0. The lowest BCUT2D eigenvalue weighted by atomic mass is 9.93. The van der Waals surface area contributed by atoms with Crippen LogP contribution >= 0.6 is 0 Å². The van der Waals surface area contributed by atoms with E-state index in [0.29, 0.717) is 38.8 Å². The first-order valence-electron chi connectivity index (χ1n) is 10.7. The van der Waals surface area contributed by atoms with Gasteiger partial charge in [0.05, 0.1) is 31.1 Å². The number of rotatable bonds is 6. The fourth-order valence-corrected chi connectivity index (χ4v) is 5.99. The van der Waals surface area contributed by atoms with Gasteiger partial charge in [-0.3, -0.25) is 4.79 Å². The maximum absolute atomic E-state index is 13.1. The third-order valence-electron chi connectivity index (χ3n) is 6.09. The number of amides is 1. The van der Waals surface area contributed by atoms with Crippen LogP contribution in [0, 0.1) is 5.82 Å². The third-order valence-corrected chi connectivity index (χ3v) is 8.01. The summed E-state index contributed by atoms with van der Waals surface area (Å²) in [5.41, 5.74) is 0. The van der Waals surface area contributed by atoms with Crippen LogP contribution in [0.5, 0.6) is 0 Å². The third kappa shape index (κ3) is 5.35. The van der Waals surface area contributed by atoms with Crippen LogP contribution in [0.2, 0.25) is 0 Å². The second kappa shape index (κ2) is 9.53. The molecule has 162 valence electrons. The van der Waals surface area contributed by atoms with E-state index in [0.717, 1.165) is 17.7 Å². The molecule has 1 aliphatic heterocycles. The van der Waals surface area contributed by atoms with Crippen LogP contribution in [-0.2, 0) is 14.8 Å². The Morgan fingerprint density at radius 3 is 2.28 bits per heavy atom. The van der Waals surface area contributed by atoms with E-state index >= 15 is 0 Å². The summed E-state index contributed by atoms with van der Waals surface area (Å²) < 4.78 is 40.0. The zero-order valence-electron chi connectivity index (χ0n) is 17.4. The highest BCUT2D eigenvalue weighted by molar-refractivity contribution is 7.89. The Hall–Kier alpha value is -1.51. The van der Waals surface area contributed by atoms with Crippen LogP contribution in [0.4, 0.5) is 4.39 Å². The second-order valence-corrected chi connectivity index (χ2v) is 10.4. The monoisotopic (exact) mass is 426 g/mol. The molecule has 0 radical (unpaired) electrons. The highest BCUT2D eigenvalue weighted by Gasteiger charge is 2.34. The molecule has 2 aliphatic rings. The lowest BCUT2D eigenvalue weighted by Crippen LogP contribution is -3.15. The minimum absolute atomic E-state index is 0.113. The molecule has 29 heavy (non-hydrogen) atoms. The van der Waals surface area contributed by atoms with E-state index in [1.807, 2.05) is 0 Å². The van der Waals surface area contributed by atoms with Crippen molar-refractivity contribution in [3.63, 3.8) is 0 Å². The summed E-state index contributed by atoms with van der Waals surface area (Å²) in [6, 6.07) is 5.47. The number of nitrogens with zero attached hydrogens (tertiary/aromatic N) is 2. The molecule has 1 heterocycles. The number of halogens is 1. The summed E-state index contributed by atoms with van der Waals surface area (Å²) in [5.74, 6) is -0.277. The summed E-state index contributed by atoms with van der Waals surface area (Å²) in [7, 11) is -3.62. The molecule has 0 atom stereocenters. The van der Waals surface area contributed by atoms with Gasteiger partial charge in [-0.15, -0.1) is 0 Å². The fourth-order valence-electron chi connectivity index (χ4n) is 4.55. The Kier molecular flexibility index (Phi) is 7.29. The highest BCUT2D eigenvalue weighted by Crippen LogP contribution is 2.24. The number of hydrogen-bond donors (Lipinski definition) is 1. The molecule has 6 nitrogen and oxygen atoms in total. The topological polar surface area (TPSA) is 62.1 Å². The molecule has 1 aliphatic carbocycles. The van der Waals surface area contributed by atoms with Gasteiger partial charge in [0.15, 0.2) is 6.54 Å². The molecular weight excluding hydrogens is 393 g/mol. The van der Waals surface area contributed by atoms with Crippen molar-refractivity contribution in [3.8, 4) is 0 Å². The summed E-state index contributed by atoms with van der Waals surface area (Å²) >= 11 is 0. The van der Waals surface area contributed by atoms with E-state index in [-0.39, 0.29) is 16.8 Å². The molecule has 1 saturated carbocycles. The van der Waals surface area contributed by atoms with E-state index in [1.54, 1.807) is 0 Å². The van der Waals surface area contributed by atoms with Gasteiger partial charge in [0.25, 0.3) is 5.91 Å². The molecule has 1 aromatic carbocycles. The normalized spacial score (nSPS) is 20.1. The van der Waals surface area contributed by atoms with Crippen molar-refractivity contribution in [1.29, 1.82) is 0 Å². The molecule has 0 spiro atoms. The Labute approximate surface area is 173 Å². The van der Waals surface area contributed by atoms with Crippen molar-refractivity contribution >= 4 is 15.9 Å². The number of carbonyl (C=O) groups is 1. The smallest absolute Gasteiger partial charge is 0.278 e. The van der Waals surface area contributed by atoms with Gasteiger partial charge >= 0.3 is 0 Å². The van der Waals surface area contributed by atoms with Crippen LogP contribution in [0.15, 0.2) is 29.2 Å². The lowest BCUT2D eigenvalue weighted by molar-refractivity contribution is -0.896. The van der Waals surface area contributed by atoms with Gasteiger partial charge in [0.2, 0.25) is 10.0 Å². The zero-order chi connectivity index (χ0) is 21.0. The zero-order valence-corrected chi connectivity index (χ0v) is 18.3. The Bertz CT molecular complexity index is 784. The van der Waals surface area contributed by atoms with Gasteiger partial charge < -0.3 is 9.80 Å². The lowest BCUT2D eigenvalue weighted by Gasteiger charge is -2.38. The molecule has 2 fully saturated rings. The fraction of sp³-hybridized carbons (Fsp3) is 0.667. The predicted octanol–water partition coefficient (Wildman–Crippen LogP) is 1.28. The molecule has 0 unspecified atom stereocenters. The van der Waals surface area contributed by atoms with Crippen molar-refractivity contribution < 1.29 is 22.5 Å². The SMILES string of the molecule is CC(C)N(C(=O)C[NH+]1CCN(S(=O)(=O)c2ccc(F)cc2)CC1)C1CCCCC1. The number of carbonyl (C=O) groups excluding carboxylic acids is 1. The van der Waals surface area contributed by atoms with Crippen molar-refractivity contribution in [1.82, 2.24) is 9.21 Å². The summed E-state index contributed by atoms with van der Waals surface area (Å²) in [6.45, 7) is 6.51. The number of nitrogens with one attached hydrogen (secondary N) is 1. The highest BCUT2D eigenvalue weighted by atomic mass is 32.2. The molecule has 1 aromatic rings. The van der Waals surface area contributed by atoms with Crippen molar-refractivity contribution in [2.24, 2.45) is 0 Å². The standard InChI is InChI=1S/C21H32FN3O3S/c1-17(2)25(19-6-4-3-5-7-19)21(26)16-23-12-14-24(15-13-23)29(27,28)20-10-8-18(22)9-11-20/h8-11,17,19H,3-7,12-16H2,1-2H3/p+1. The van der Waals surface area contributed by atoms with Crippen molar-refractivity contribution in [2.45, 2.75) is 62.9 Å². The molecule has 0 aromatic heterocycles. The van der Waals surface area contributed by atoms with Gasteiger partial charge in [-0.25, -0.2) is 12.8 Å². The van der Waals surface area contributed by atoms with Crippen LogP contribution in [-0.4, -0.2) is 68.3 Å². The van der Waals surface area contributed by atoms with Gasteiger partial charge in [-0.05, 0) is 51.0 Å². The average Bonchev–Trinajstić information content (AvgIpc) is 2.69. The Morgan fingerprint density at radius 2 is 1.72 bits per heavy atom. The summed E-state index contributed by atoms with van der Waals surface area (Å²) in [6.07, 6.45) is 5.81. The number of quaternary nitrogens is 1. The Morgan fingerprint density at radius 1 is 1.14 bits per heavy atom. The molecule has 1 saturated heterocycles. The molecule has 3 rings (SSSR count). The van der Waals surface area contributed by atoms with Crippen LogP contribution in [0.25, 0.3) is 0 Å². The van der Waals surface area contributed by atoms with Gasteiger partial charge in [0, 0.05) is 12.1 Å². The minimum atomic E-state index is -3.62. The van der Waals surface area contributed by atoms with Crippen molar-refractivity contribution in [3.05, 3.63) is 30.1 Å². The largest absolute Gasteiger partial charge is 0.332 e. The number of hydrogen-bond acceptors (Lipinski definition) is 3. The summed E-state index contributed by atoms with van der Waals surface area (Å²) in [4.78, 5) is 16.3. The minimum Gasteiger partial charge on any atom is -0.332 e. The van der Waals surface area contributed by atoms with Crippen LogP contribution < -0.4 is 4.90 Å². The number of piperazine rings is 1. The average molecular weight is 427 g/mol. The number of sulfonamides is 1.